The van der Waals surface area contributed by atoms with Crippen LogP contribution in [0.15, 0.2) is 11.6 Å². The van der Waals surface area contributed by atoms with Crippen molar-refractivity contribution in [3.8, 4) is 0 Å². The third-order valence-corrected chi connectivity index (χ3v) is 9.22. The molecule has 0 atom stereocenters. The predicted octanol–water partition coefficient (Wildman–Crippen LogP) is 11.2. The largest absolute Gasteiger partial charge is 0.356 e. The van der Waals surface area contributed by atoms with Crippen molar-refractivity contribution >= 4 is 5.91 Å². The summed E-state index contributed by atoms with van der Waals surface area (Å²) in [6.07, 6.45) is 39.1. The molecular weight excluding hydrogens is 488 g/mol. The second kappa shape index (κ2) is 25.8. The van der Waals surface area contributed by atoms with Crippen LogP contribution in [0.3, 0.4) is 0 Å². The number of allylic oxidation sites excluding steroid dienone is 2. The van der Waals surface area contributed by atoms with Crippen LogP contribution in [0.4, 0.5) is 0 Å². The van der Waals surface area contributed by atoms with E-state index in [0.29, 0.717) is 11.8 Å². The highest BCUT2D eigenvalue weighted by atomic mass is 16.1. The van der Waals surface area contributed by atoms with Crippen molar-refractivity contribution in [2.24, 2.45) is 5.41 Å². The van der Waals surface area contributed by atoms with Gasteiger partial charge in [-0.05, 0) is 103 Å². The highest BCUT2D eigenvalue weighted by Gasteiger charge is 2.40. The van der Waals surface area contributed by atoms with Gasteiger partial charge in [0.2, 0.25) is 5.91 Å². The Hall–Kier alpha value is -0.830. The highest BCUT2D eigenvalue weighted by molar-refractivity contribution is 5.75. The molecule has 0 aliphatic heterocycles. The van der Waals surface area contributed by atoms with E-state index in [1.807, 2.05) is 0 Å². The highest BCUT2D eigenvalue weighted by Crippen LogP contribution is 2.53. The van der Waals surface area contributed by atoms with Gasteiger partial charge >= 0.3 is 0 Å². The van der Waals surface area contributed by atoms with E-state index < -0.39 is 0 Å². The minimum atomic E-state index is 0.231. The Labute approximate surface area is 252 Å². The first-order chi connectivity index (χ1) is 19.5. The maximum atomic E-state index is 12.0. The third-order valence-electron chi connectivity index (χ3n) is 9.22. The lowest BCUT2D eigenvalue weighted by atomic mass is 9.92. The van der Waals surface area contributed by atoms with Crippen LogP contribution in [-0.4, -0.2) is 38.0 Å². The molecule has 0 saturated heterocycles. The van der Waals surface area contributed by atoms with Gasteiger partial charge in [-0.25, -0.2) is 0 Å². The molecule has 1 aliphatic rings. The Kier molecular flexibility index (Phi) is 24.0. The minimum Gasteiger partial charge on any atom is -0.356 e. The number of unbranched alkanes of at least 4 members (excludes halogenated alkanes) is 15. The molecule has 1 amide bonds. The van der Waals surface area contributed by atoms with E-state index in [9.17, 15) is 4.79 Å². The summed E-state index contributed by atoms with van der Waals surface area (Å²) in [7, 11) is 4.13. The molecule has 1 fully saturated rings. The maximum absolute atomic E-state index is 12.0. The molecule has 1 aliphatic carbocycles. The molecule has 0 bridgehead atoms. The van der Waals surface area contributed by atoms with Crippen molar-refractivity contribution in [1.29, 1.82) is 0 Å². The van der Waals surface area contributed by atoms with E-state index in [1.54, 1.807) is 5.57 Å². The normalized spacial score (nSPS) is 14.7. The van der Waals surface area contributed by atoms with Gasteiger partial charge in [-0.2, -0.15) is 0 Å². The molecular formula is C37H72N2O. The van der Waals surface area contributed by atoms with Crippen LogP contribution in [-0.2, 0) is 4.79 Å². The van der Waals surface area contributed by atoms with Crippen molar-refractivity contribution in [2.45, 2.75) is 187 Å². The van der Waals surface area contributed by atoms with Crippen LogP contribution < -0.4 is 5.32 Å². The monoisotopic (exact) mass is 561 g/mol. The number of carbonyl (C=O) groups is 1. The minimum absolute atomic E-state index is 0.231. The summed E-state index contributed by atoms with van der Waals surface area (Å²) in [4.78, 5) is 14.1. The van der Waals surface area contributed by atoms with Crippen molar-refractivity contribution < 1.29 is 4.79 Å². The summed E-state index contributed by atoms with van der Waals surface area (Å²) < 4.78 is 0. The van der Waals surface area contributed by atoms with Crippen molar-refractivity contribution in [1.82, 2.24) is 10.2 Å². The molecule has 3 nitrogen and oxygen atoms in total. The van der Waals surface area contributed by atoms with Gasteiger partial charge in [0.25, 0.3) is 0 Å². The molecule has 236 valence electrons. The maximum Gasteiger partial charge on any atom is 0.220 e. The molecule has 1 rings (SSSR count). The van der Waals surface area contributed by atoms with Crippen molar-refractivity contribution in [2.75, 3.05) is 27.2 Å². The van der Waals surface area contributed by atoms with Crippen LogP contribution in [0.5, 0.6) is 0 Å². The lowest BCUT2D eigenvalue weighted by molar-refractivity contribution is -0.121. The lowest BCUT2D eigenvalue weighted by Crippen LogP contribution is -2.25. The predicted molar refractivity (Wildman–Crippen MR) is 178 cm³/mol. The van der Waals surface area contributed by atoms with E-state index in [2.05, 4.69) is 44.2 Å². The van der Waals surface area contributed by atoms with E-state index >= 15 is 0 Å². The number of rotatable bonds is 30. The molecule has 0 aromatic rings. The molecule has 40 heavy (non-hydrogen) atoms. The van der Waals surface area contributed by atoms with Crippen LogP contribution in [0.25, 0.3) is 0 Å². The van der Waals surface area contributed by atoms with E-state index in [1.165, 1.54) is 154 Å². The van der Waals surface area contributed by atoms with Gasteiger partial charge in [-0.1, -0.05) is 115 Å². The topological polar surface area (TPSA) is 32.3 Å². The number of hydrogen-bond acceptors (Lipinski definition) is 2. The average Bonchev–Trinajstić information content (AvgIpc) is 3.70. The zero-order valence-electron chi connectivity index (χ0n) is 27.9. The van der Waals surface area contributed by atoms with Gasteiger partial charge in [0.05, 0.1) is 0 Å². The number of nitrogens with one attached hydrogen (secondary N) is 1. The summed E-state index contributed by atoms with van der Waals surface area (Å²) in [5.41, 5.74) is 2.44. The second-order valence-corrected chi connectivity index (χ2v) is 13.6. The zero-order chi connectivity index (χ0) is 29.2. The smallest absolute Gasteiger partial charge is 0.220 e. The quantitative estimate of drug-likeness (QED) is 0.0700. The Morgan fingerprint density at radius 2 is 1.18 bits per heavy atom. The molecule has 0 aromatic heterocycles. The zero-order valence-corrected chi connectivity index (χ0v) is 27.9. The summed E-state index contributed by atoms with van der Waals surface area (Å²) in [6.45, 7) is 6.47. The molecule has 0 aromatic carbocycles. The summed E-state index contributed by atoms with van der Waals surface area (Å²) in [5.74, 6) is 0.231. The molecule has 1 N–H and O–H groups in total. The van der Waals surface area contributed by atoms with Crippen LogP contribution >= 0.6 is 0 Å². The van der Waals surface area contributed by atoms with Crippen molar-refractivity contribution in [3.05, 3.63) is 11.6 Å². The van der Waals surface area contributed by atoms with E-state index in [4.69, 9.17) is 0 Å². The van der Waals surface area contributed by atoms with E-state index in [0.717, 1.165) is 25.9 Å². The van der Waals surface area contributed by atoms with Gasteiger partial charge in [0, 0.05) is 13.0 Å². The van der Waals surface area contributed by atoms with Gasteiger partial charge in [-0.15, -0.1) is 0 Å². The molecule has 0 spiro atoms. The van der Waals surface area contributed by atoms with Crippen LogP contribution in [0, 0.1) is 5.41 Å². The number of nitrogens with zero attached hydrogens (tertiary/aromatic N) is 1. The fourth-order valence-electron chi connectivity index (χ4n) is 6.21. The number of amides is 1. The van der Waals surface area contributed by atoms with Crippen molar-refractivity contribution in [3.63, 3.8) is 0 Å². The van der Waals surface area contributed by atoms with Gasteiger partial charge < -0.3 is 10.2 Å². The fraction of sp³-hybridized carbons (Fsp3) is 0.919. The SMILES string of the molecule is CCCCCCCCCCC(=CCCCC1(CCCCNC(=O)CCCN(C)C)CC1)CCCCCCCCC. The van der Waals surface area contributed by atoms with Gasteiger partial charge in [0.15, 0.2) is 0 Å². The molecule has 1 saturated carbocycles. The van der Waals surface area contributed by atoms with E-state index in [-0.39, 0.29) is 5.91 Å². The number of carbonyl (C=O) groups excluding carboxylic acids is 1. The molecule has 3 heteroatoms. The Bertz CT molecular complexity index is 607. The molecule has 0 unspecified atom stereocenters. The third kappa shape index (κ3) is 22.8. The first-order valence-electron chi connectivity index (χ1n) is 18.1. The standard InChI is InChI=1S/C37H72N2O/c1-5-7-9-11-13-15-17-19-26-35(25-18-16-14-12-10-8-6-2)27-20-21-29-37(31-32-37)30-22-23-33-38-36(40)28-24-34-39(3)4/h27H,5-26,28-34H2,1-4H3,(H,38,40). The van der Waals surface area contributed by atoms with Crippen LogP contribution in [0.2, 0.25) is 0 Å². The Morgan fingerprint density at radius 3 is 1.70 bits per heavy atom. The van der Waals surface area contributed by atoms with Gasteiger partial charge in [-0.3, -0.25) is 4.79 Å². The summed E-state index contributed by atoms with van der Waals surface area (Å²) in [6, 6.07) is 0. The van der Waals surface area contributed by atoms with Gasteiger partial charge in [0.1, 0.15) is 0 Å². The first kappa shape index (κ1) is 37.2. The lowest BCUT2D eigenvalue weighted by Gasteiger charge is -2.15. The summed E-state index contributed by atoms with van der Waals surface area (Å²) >= 11 is 0. The summed E-state index contributed by atoms with van der Waals surface area (Å²) in [5, 5.41) is 3.13. The fourth-order valence-corrected chi connectivity index (χ4v) is 6.21. The average molecular weight is 561 g/mol. The molecule has 0 radical (unpaired) electrons. The Morgan fingerprint density at radius 1 is 0.650 bits per heavy atom. The van der Waals surface area contributed by atoms with Crippen LogP contribution in [0.1, 0.15) is 187 Å². The number of hydrogen-bond donors (Lipinski definition) is 1. The first-order valence-corrected chi connectivity index (χ1v) is 18.1. The second-order valence-electron chi connectivity index (χ2n) is 13.6. The molecule has 0 heterocycles. The Balaban J connectivity index is 2.24.